The summed E-state index contributed by atoms with van der Waals surface area (Å²) < 4.78 is 27.1. The number of nitrogens with zero attached hydrogens (tertiary/aromatic N) is 1. The number of carbonyl (C=O) groups is 1. The van der Waals surface area contributed by atoms with Crippen LogP contribution in [0.3, 0.4) is 0 Å². The van der Waals surface area contributed by atoms with E-state index in [1.54, 1.807) is 16.4 Å². The van der Waals surface area contributed by atoms with E-state index < -0.39 is 10.0 Å². The molecule has 1 amide bonds. The number of amides is 1. The summed E-state index contributed by atoms with van der Waals surface area (Å²) >= 11 is 0. The second-order valence-electron chi connectivity index (χ2n) is 6.92. The van der Waals surface area contributed by atoms with Crippen molar-refractivity contribution >= 4 is 15.9 Å². The standard InChI is InChI=1S/C18H28N2O3S/c1-14(2)11-12-19-18(21)16-7-9-17(10-8-16)24(22,23)20-13-5-4-6-15(20)3/h7-10,14-15H,4-6,11-13H2,1-3H3,(H,19,21). The Morgan fingerprint density at radius 1 is 1.25 bits per heavy atom. The largest absolute Gasteiger partial charge is 0.352 e. The average Bonchev–Trinajstić information content (AvgIpc) is 2.54. The van der Waals surface area contributed by atoms with E-state index in [1.165, 1.54) is 12.1 Å². The van der Waals surface area contributed by atoms with Gasteiger partial charge < -0.3 is 5.32 Å². The lowest BCUT2D eigenvalue weighted by molar-refractivity contribution is 0.0952. The van der Waals surface area contributed by atoms with E-state index in [4.69, 9.17) is 0 Å². The van der Waals surface area contributed by atoms with Crippen LogP contribution in [0.5, 0.6) is 0 Å². The number of nitrogens with one attached hydrogen (secondary N) is 1. The van der Waals surface area contributed by atoms with Gasteiger partial charge in [-0.2, -0.15) is 4.31 Å². The van der Waals surface area contributed by atoms with Crippen LogP contribution in [0.4, 0.5) is 0 Å². The highest BCUT2D eigenvalue weighted by Gasteiger charge is 2.30. The third-order valence-electron chi connectivity index (χ3n) is 4.47. The Morgan fingerprint density at radius 2 is 1.92 bits per heavy atom. The monoisotopic (exact) mass is 352 g/mol. The van der Waals surface area contributed by atoms with Crippen LogP contribution >= 0.6 is 0 Å². The van der Waals surface area contributed by atoms with Gasteiger partial charge in [0.15, 0.2) is 0 Å². The molecular weight excluding hydrogens is 324 g/mol. The summed E-state index contributed by atoms with van der Waals surface area (Å²) in [5.41, 5.74) is 0.490. The minimum atomic E-state index is -3.48. The van der Waals surface area contributed by atoms with Crippen molar-refractivity contribution in [2.24, 2.45) is 5.92 Å². The van der Waals surface area contributed by atoms with Gasteiger partial charge in [-0.15, -0.1) is 0 Å². The minimum absolute atomic E-state index is 0.0303. The van der Waals surface area contributed by atoms with E-state index in [1.807, 2.05) is 6.92 Å². The second kappa shape index (κ2) is 8.12. The van der Waals surface area contributed by atoms with Crippen LogP contribution in [0.25, 0.3) is 0 Å². The fourth-order valence-electron chi connectivity index (χ4n) is 2.92. The highest BCUT2D eigenvalue weighted by molar-refractivity contribution is 7.89. The number of carbonyl (C=O) groups excluding carboxylic acids is 1. The maximum Gasteiger partial charge on any atom is 0.251 e. The molecule has 1 unspecified atom stereocenters. The lowest BCUT2D eigenvalue weighted by Gasteiger charge is -2.32. The van der Waals surface area contributed by atoms with Gasteiger partial charge in [-0.1, -0.05) is 20.3 Å². The van der Waals surface area contributed by atoms with Crippen LogP contribution in [0, 0.1) is 5.92 Å². The Hall–Kier alpha value is -1.40. The van der Waals surface area contributed by atoms with Crippen LogP contribution in [0.2, 0.25) is 0 Å². The zero-order chi connectivity index (χ0) is 17.7. The number of sulfonamides is 1. The van der Waals surface area contributed by atoms with Crippen molar-refractivity contribution < 1.29 is 13.2 Å². The van der Waals surface area contributed by atoms with Gasteiger partial charge in [0.2, 0.25) is 10.0 Å². The molecule has 1 aliphatic heterocycles. The second-order valence-corrected chi connectivity index (χ2v) is 8.81. The van der Waals surface area contributed by atoms with Crippen LogP contribution in [0.1, 0.15) is 56.8 Å². The molecule has 0 aliphatic carbocycles. The van der Waals surface area contributed by atoms with Crippen molar-refractivity contribution in [2.75, 3.05) is 13.1 Å². The molecule has 24 heavy (non-hydrogen) atoms. The van der Waals surface area contributed by atoms with Crippen molar-refractivity contribution in [3.63, 3.8) is 0 Å². The smallest absolute Gasteiger partial charge is 0.251 e. The normalized spacial score (nSPS) is 19.4. The Balaban J connectivity index is 2.06. The van der Waals surface area contributed by atoms with Gasteiger partial charge in [0, 0.05) is 24.7 Å². The molecule has 1 heterocycles. The molecule has 2 rings (SSSR count). The Bertz CT molecular complexity index is 653. The predicted molar refractivity (Wildman–Crippen MR) is 95.4 cm³/mol. The highest BCUT2D eigenvalue weighted by atomic mass is 32.2. The number of hydrogen-bond donors (Lipinski definition) is 1. The molecule has 0 spiro atoms. The summed E-state index contributed by atoms with van der Waals surface area (Å²) in [6.07, 6.45) is 3.79. The quantitative estimate of drug-likeness (QED) is 0.856. The molecule has 6 heteroatoms. The number of piperidine rings is 1. The lowest BCUT2D eigenvalue weighted by atomic mass is 10.1. The van der Waals surface area contributed by atoms with E-state index in [-0.39, 0.29) is 16.8 Å². The first-order valence-electron chi connectivity index (χ1n) is 8.72. The van der Waals surface area contributed by atoms with Gasteiger partial charge in [0.25, 0.3) is 5.91 Å². The molecule has 1 saturated heterocycles. The van der Waals surface area contributed by atoms with Crippen molar-refractivity contribution in [3.05, 3.63) is 29.8 Å². The lowest BCUT2D eigenvalue weighted by Crippen LogP contribution is -2.41. The third kappa shape index (κ3) is 4.57. The maximum atomic E-state index is 12.8. The van der Waals surface area contributed by atoms with Crippen LogP contribution < -0.4 is 5.32 Å². The van der Waals surface area contributed by atoms with E-state index in [0.717, 1.165) is 25.7 Å². The zero-order valence-corrected chi connectivity index (χ0v) is 15.6. The minimum Gasteiger partial charge on any atom is -0.352 e. The Morgan fingerprint density at radius 3 is 2.50 bits per heavy atom. The topological polar surface area (TPSA) is 66.5 Å². The maximum absolute atomic E-state index is 12.8. The van der Waals surface area contributed by atoms with Gasteiger partial charge in [-0.3, -0.25) is 4.79 Å². The molecule has 1 atom stereocenters. The van der Waals surface area contributed by atoms with Crippen LogP contribution in [0.15, 0.2) is 29.2 Å². The number of benzene rings is 1. The molecule has 0 bridgehead atoms. The predicted octanol–water partition coefficient (Wildman–Crippen LogP) is 3.03. The molecule has 1 fully saturated rings. The molecule has 1 aromatic carbocycles. The van der Waals surface area contributed by atoms with E-state index >= 15 is 0 Å². The summed E-state index contributed by atoms with van der Waals surface area (Å²) in [6.45, 7) is 7.36. The summed E-state index contributed by atoms with van der Waals surface area (Å²) in [5, 5.41) is 2.86. The first-order chi connectivity index (χ1) is 11.3. The fraction of sp³-hybridized carbons (Fsp3) is 0.611. The zero-order valence-electron chi connectivity index (χ0n) is 14.8. The molecule has 1 aliphatic rings. The summed E-state index contributed by atoms with van der Waals surface area (Å²) in [6, 6.07) is 6.28. The summed E-state index contributed by atoms with van der Waals surface area (Å²) in [5.74, 6) is 0.371. The first-order valence-corrected chi connectivity index (χ1v) is 10.2. The van der Waals surface area contributed by atoms with Gasteiger partial charge in [-0.25, -0.2) is 8.42 Å². The molecule has 0 saturated carbocycles. The number of hydrogen-bond acceptors (Lipinski definition) is 3. The van der Waals surface area contributed by atoms with Gasteiger partial charge >= 0.3 is 0 Å². The molecule has 134 valence electrons. The van der Waals surface area contributed by atoms with Crippen molar-refractivity contribution in [3.8, 4) is 0 Å². The van der Waals surface area contributed by atoms with E-state index in [9.17, 15) is 13.2 Å². The van der Waals surface area contributed by atoms with Crippen molar-refractivity contribution in [2.45, 2.75) is 57.4 Å². The number of rotatable bonds is 6. The summed E-state index contributed by atoms with van der Waals surface area (Å²) in [4.78, 5) is 12.3. The first kappa shape index (κ1) is 18.9. The van der Waals surface area contributed by atoms with E-state index in [2.05, 4.69) is 19.2 Å². The molecule has 0 radical (unpaired) electrons. The van der Waals surface area contributed by atoms with Crippen molar-refractivity contribution in [1.29, 1.82) is 0 Å². The van der Waals surface area contributed by atoms with Gasteiger partial charge in [0.05, 0.1) is 4.90 Å². The highest BCUT2D eigenvalue weighted by Crippen LogP contribution is 2.25. The summed E-state index contributed by atoms with van der Waals surface area (Å²) in [7, 11) is -3.48. The molecule has 0 aromatic heterocycles. The fourth-order valence-corrected chi connectivity index (χ4v) is 4.62. The van der Waals surface area contributed by atoms with Gasteiger partial charge in [-0.05, 0) is 56.4 Å². The Kier molecular flexibility index (Phi) is 6.40. The van der Waals surface area contributed by atoms with Crippen LogP contribution in [-0.4, -0.2) is 37.8 Å². The van der Waals surface area contributed by atoms with Crippen LogP contribution in [-0.2, 0) is 10.0 Å². The Labute approximate surface area is 145 Å². The molecule has 1 aromatic rings. The van der Waals surface area contributed by atoms with Crippen molar-refractivity contribution in [1.82, 2.24) is 9.62 Å². The molecule has 5 nitrogen and oxygen atoms in total. The SMILES string of the molecule is CC(C)CCNC(=O)c1ccc(S(=O)(=O)N2CCCCC2C)cc1. The molecule has 1 N–H and O–H groups in total. The van der Waals surface area contributed by atoms with Gasteiger partial charge in [0.1, 0.15) is 0 Å². The van der Waals surface area contributed by atoms with E-state index in [0.29, 0.717) is 24.6 Å². The third-order valence-corrected chi connectivity index (χ3v) is 6.50. The molecular formula is C18H28N2O3S. The average molecular weight is 353 g/mol.